The summed E-state index contributed by atoms with van der Waals surface area (Å²) in [6.45, 7) is 0.111. The Bertz CT molecular complexity index is 79.0. The molecule has 0 saturated carbocycles. The standard InChI is InChI=1S/C5H10F2N.ClH/c6-8(7)4-2-1-3-5-8;/h1-5H2;1H/q+1;/p-1. The summed E-state index contributed by atoms with van der Waals surface area (Å²) < 4.78 is 24.3. The Morgan fingerprint density at radius 1 is 0.889 bits per heavy atom. The number of quaternary nitrogens is 1. The summed E-state index contributed by atoms with van der Waals surface area (Å²) in [4.78, 5) is -1.75. The molecule has 0 radical (unpaired) electrons. The summed E-state index contributed by atoms with van der Waals surface area (Å²) in [5, 5.41) is 0. The quantitative estimate of drug-likeness (QED) is 0.386. The van der Waals surface area contributed by atoms with Crippen LogP contribution in [0.3, 0.4) is 0 Å². The van der Waals surface area contributed by atoms with E-state index in [0.29, 0.717) is 12.8 Å². The molecule has 9 heavy (non-hydrogen) atoms. The number of halogens is 3. The largest absolute Gasteiger partial charge is 1.00 e. The van der Waals surface area contributed by atoms with Crippen LogP contribution >= 0.6 is 0 Å². The SMILES string of the molecule is F[N+]1(F)CCCCC1.[Cl-]. The molecule has 4 heteroatoms. The molecule has 0 aromatic carbocycles. The molecule has 1 saturated heterocycles. The maximum Gasteiger partial charge on any atom is 0.155 e. The average Bonchev–Trinajstić information content (AvgIpc) is 1.65. The van der Waals surface area contributed by atoms with Crippen molar-refractivity contribution in [3.8, 4) is 0 Å². The molecule has 0 atom stereocenters. The Kier molecular flexibility index (Phi) is 3.36. The fourth-order valence-electron chi connectivity index (χ4n) is 0.975. The van der Waals surface area contributed by atoms with Gasteiger partial charge in [0, 0.05) is 21.8 Å². The molecule has 0 aromatic heterocycles. The lowest BCUT2D eigenvalue weighted by atomic mass is 10.2. The molecule has 0 aromatic rings. The lowest BCUT2D eigenvalue weighted by Gasteiger charge is -2.17. The molecule has 1 nitrogen and oxygen atoms in total. The van der Waals surface area contributed by atoms with Gasteiger partial charge in [-0.15, -0.1) is 0 Å². The van der Waals surface area contributed by atoms with Crippen LogP contribution in [0.25, 0.3) is 0 Å². The van der Waals surface area contributed by atoms with Gasteiger partial charge in [0.2, 0.25) is 0 Å². The summed E-state index contributed by atoms with van der Waals surface area (Å²) in [6.07, 6.45) is 2.36. The van der Waals surface area contributed by atoms with E-state index in [1.165, 1.54) is 0 Å². The maximum atomic E-state index is 12.1. The fraction of sp³-hybridized carbons (Fsp3) is 1.00. The number of nitrogens with zero attached hydrogens (tertiary/aromatic N) is 1. The Labute approximate surface area is 59.5 Å². The van der Waals surface area contributed by atoms with Crippen LogP contribution in [0, 0.1) is 0 Å². The molecule has 1 aliphatic heterocycles. The highest BCUT2D eigenvalue weighted by Gasteiger charge is 2.31. The van der Waals surface area contributed by atoms with E-state index in [4.69, 9.17) is 0 Å². The van der Waals surface area contributed by atoms with E-state index in [2.05, 4.69) is 0 Å². The molecule has 0 bridgehead atoms. The normalized spacial score (nSPS) is 24.7. The molecular weight excluding hydrogens is 148 g/mol. The van der Waals surface area contributed by atoms with Crippen molar-refractivity contribution in [3.05, 3.63) is 0 Å². The second kappa shape index (κ2) is 3.32. The first kappa shape index (κ1) is 9.11. The Morgan fingerprint density at radius 2 is 1.33 bits per heavy atom. The molecule has 0 unspecified atom stereocenters. The molecule has 0 amide bonds. The number of rotatable bonds is 0. The van der Waals surface area contributed by atoms with Crippen molar-refractivity contribution in [2.45, 2.75) is 19.3 Å². The van der Waals surface area contributed by atoms with Crippen LogP contribution < -0.4 is 12.4 Å². The van der Waals surface area contributed by atoms with Crippen LogP contribution in [0.1, 0.15) is 19.3 Å². The smallest absolute Gasteiger partial charge is 0.155 e. The highest BCUT2D eigenvalue weighted by Crippen LogP contribution is 2.19. The number of hydrogen-bond acceptors (Lipinski definition) is 0. The van der Waals surface area contributed by atoms with Gasteiger partial charge in [0.05, 0.1) is 4.93 Å². The number of piperidine rings is 1. The van der Waals surface area contributed by atoms with Gasteiger partial charge in [0.1, 0.15) is 0 Å². The van der Waals surface area contributed by atoms with E-state index in [9.17, 15) is 8.96 Å². The van der Waals surface area contributed by atoms with Crippen molar-refractivity contribution in [2.75, 3.05) is 13.1 Å². The van der Waals surface area contributed by atoms with E-state index < -0.39 is 4.93 Å². The molecule has 1 heterocycles. The molecular formula is C5H10ClF2N. The molecule has 1 fully saturated rings. The van der Waals surface area contributed by atoms with Gasteiger partial charge in [0.25, 0.3) is 0 Å². The number of hydrogen-bond donors (Lipinski definition) is 0. The summed E-state index contributed by atoms with van der Waals surface area (Å²) in [6, 6.07) is 0. The van der Waals surface area contributed by atoms with Gasteiger partial charge in [-0.1, -0.05) is 0 Å². The van der Waals surface area contributed by atoms with Crippen LogP contribution in [0.2, 0.25) is 0 Å². The first-order valence-electron chi connectivity index (χ1n) is 2.97. The molecule has 1 rings (SSSR count). The van der Waals surface area contributed by atoms with Crippen molar-refractivity contribution < 1.29 is 26.3 Å². The zero-order chi connectivity index (χ0) is 6.04. The maximum absolute atomic E-state index is 12.1. The zero-order valence-electron chi connectivity index (χ0n) is 5.12. The van der Waals surface area contributed by atoms with Gasteiger partial charge in [-0.3, -0.25) is 0 Å². The van der Waals surface area contributed by atoms with Gasteiger partial charge in [-0.05, 0) is 6.42 Å². The van der Waals surface area contributed by atoms with Crippen molar-refractivity contribution in [1.82, 2.24) is 0 Å². The molecule has 1 aliphatic rings. The van der Waals surface area contributed by atoms with Gasteiger partial charge < -0.3 is 12.4 Å². The van der Waals surface area contributed by atoms with Crippen molar-refractivity contribution in [2.24, 2.45) is 0 Å². The van der Waals surface area contributed by atoms with Gasteiger partial charge in [-0.2, -0.15) is 0 Å². The molecule has 0 N–H and O–H groups in total. The van der Waals surface area contributed by atoms with Gasteiger partial charge in [-0.25, -0.2) is 0 Å². The van der Waals surface area contributed by atoms with Gasteiger partial charge in [0.15, 0.2) is 13.1 Å². The predicted molar refractivity (Wildman–Crippen MR) is 26.1 cm³/mol. The summed E-state index contributed by atoms with van der Waals surface area (Å²) in [5.74, 6) is 0. The molecule has 0 spiro atoms. The molecule has 0 aliphatic carbocycles. The molecule has 56 valence electrons. The third kappa shape index (κ3) is 2.96. The lowest BCUT2D eigenvalue weighted by Crippen LogP contribution is -3.00. The van der Waals surface area contributed by atoms with Crippen molar-refractivity contribution in [1.29, 1.82) is 0 Å². The highest BCUT2D eigenvalue weighted by molar-refractivity contribution is 4.44. The minimum Gasteiger partial charge on any atom is -1.00 e. The van der Waals surface area contributed by atoms with Crippen molar-refractivity contribution in [3.63, 3.8) is 0 Å². The van der Waals surface area contributed by atoms with E-state index >= 15 is 0 Å². The van der Waals surface area contributed by atoms with E-state index in [0.717, 1.165) is 6.42 Å². The van der Waals surface area contributed by atoms with E-state index in [1.807, 2.05) is 0 Å². The topological polar surface area (TPSA) is 0 Å². The van der Waals surface area contributed by atoms with E-state index in [1.54, 1.807) is 0 Å². The Hall–Kier alpha value is 0.110. The fourth-order valence-corrected chi connectivity index (χ4v) is 0.975. The van der Waals surface area contributed by atoms with Gasteiger partial charge >= 0.3 is 0 Å². The third-order valence-electron chi connectivity index (χ3n) is 1.47. The predicted octanol–water partition coefficient (Wildman–Crippen LogP) is -1.24. The minimum atomic E-state index is -1.75. The average molecular weight is 158 g/mol. The third-order valence-corrected chi connectivity index (χ3v) is 1.47. The summed E-state index contributed by atoms with van der Waals surface area (Å²) in [5.41, 5.74) is 0. The van der Waals surface area contributed by atoms with Crippen molar-refractivity contribution >= 4 is 0 Å². The first-order chi connectivity index (χ1) is 3.71. The highest BCUT2D eigenvalue weighted by atomic mass is 35.5. The summed E-state index contributed by atoms with van der Waals surface area (Å²) in [7, 11) is 0. The Morgan fingerprint density at radius 3 is 1.56 bits per heavy atom. The zero-order valence-corrected chi connectivity index (χ0v) is 5.87. The first-order valence-corrected chi connectivity index (χ1v) is 2.97. The second-order valence-electron chi connectivity index (χ2n) is 2.27. The van der Waals surface area contributed by atoms with Crippen LogP contribution in [0.5, 0.6) is 0 Å². The van der Waals surface area contributed by atoms with Crippen LogP contribution in [-0.2, 0) is 0 Å². The lowest BCUT2D eigenvalue weighted by molar-refractivity contribution is -1.17. The van der Waals surface area contributed by atoms with Crippen LogP contribution in [0.15, 0.2) is 0 Å². The second-order valence-corrected chi connectivity index (χ2v) is 2.27. The van der Waals surface area contributed by atoms with Crippen LogP contribution in [0.4, 0.5) is 8.96 Å². The van der Waals surface area contributed by atoms with E-state index in [-0.39, 0.29) is 25.5 Å². The Balaban J connectivity index is 0.000000640. The monoisotopic (exact) mass is 157 g/mol. The summed E-state index contributed by atoms with van der Waals surface area (Å²) >= 11 is 0. The van der Waals surface area contributed by atoms with Crippen LogP contribution in [-0.4, -0.2) is 18.0 Å². The minimum absolute atomic E-state index is 0.